The zero-order valence-corrected chi connectivity index (χ0v) is 9.83. The summed E-state index contributed by atoms with van der Waals surface area (Å²) in [5.74, 6) is -0.390. The quantitative estimate of drug-likeness (QED) is 0.855. The van der Waals surface area contributed by atoms with Crippen molar-refractivity contribution < 1.29 is 17.9 Å². The average Bonchev–Trinajstić information content (AvgIpc) is 2.71. The van der Waals surface area contributed by atoms with E-state index in [0.29, 0.717) is 5.69 Å². The Balaban J connectivity index is 2.27. The molecule has 1 heterocycles. The first kappa shape index (κ1) is 13.7. The van der Waals surface area contributed by atoms with Crippen LogP contribution in [0, 0.1) is 11.3 Å². The second-order valence-electron chi connectivity index (χ2n) is 3.64. The Bertz CT molecular complexity index is 694. The van der Waals surface area contributed by atoms with Gasteiger partial charge in [0.05, 0.1) is 11.8 Å². The fourth-order valence-electron chi connectivity index (χ4n) is 1.50. The van der Waals surface area contributed by atoms with Gasteiger partial charge in [0.15, 0.2) is 0 Å². The van der Waals surface area contributed by atoms with Gasteiger partial charge in [0, 0.05) is 0 Å². The van der Waals surface area contributed by atoms with Gasteiger partial charge >= 0.3 is 12.1 Å². The van der Waals surface area contributed by atoms with Crippen LogP contribution in [0.15, 0.2) is 35.4 Å². The summed E-state index contributed by atoms with van der Waals surface area (Å²) in [5.41, 5.74) is -0.246. The van der Waals surface area contributed by atoms with Gasteiger partial charge in [-0.1, -0.05) is 0 Å². The van der Waals surface area contributed by atoms with Crippen LogP contribution in [0.2, 0.25) is 0 Å². The molecule has 0 amide bonds. The van der Waals surface area contributed by atoms with Crippen molar-refractivity contribution in [3.8, 4) is 17.5 Å². The Morgan fingerprint density at radius 3 is 2.50 bits per heavy atom. The Morgan fingerprint density at radius 2 is 1.95 bits per heavy atom. The van der Waals surface area contributed by atoms with Crippen molar-refractivity contribution in [3.63, 3.8) is 0 Å². The van der Waals surface area contributed by atoms with Crippen LogP contribution in [0.5, 0.6) is 5.75 Å². The molecule has 6 nitrogen and oxygen atoms in total. The van der Waals surface area contributed by atoms with Crippen molar-refractivity contribution in [2.24, 2.45) is 0 Å². The van der Waals surface area contributed by atoms with E-state index >= 15 is 0 Å². The van der Waals surface area contributed by atoms with Gasteiger partial charge in [-0.05, 0) is 24.3 Å². The molecule has 0 bridgehead atoms. The van der Waals surface area contributed by atoms with Crippen LogP contribution >= 0.6 is 0 Å². The monoisotopic (exact) mass is 284 g/mol. The van der Waals surface area contributed by atoms with Crippen LogP contribution in [0.1, 0.15) is 0 Å². The van der Waals surface area contributed by atoms with Crippen molar-refractivity contribution in [2.45, 2.75) is 12.9 Å². The van der Waals surface area contributed by atoms with Crippen LogP contribution < -0.4 is 10.4 Å². The molecule has 0 saturated carbocycles. The number of ether oxygens (including phenoxy) is 1. The van der Waals surface area contributed by atoms with E-state index in [9.17, 15) is 18.0 Å². The largest absolute Gasteiger partial charge is 0.573 e. The smallest absolute Gasteiger partial charge is 0.406 e. The first-order valence-corrected chi connectivity index (χ1v) is 5.28. The molecule has 0 atom stereocenters. The third-order valence-electron chi connectivity index (χ3n) is 2.30. The van der Waals surface area contributed by atoms with Gasteiger partial charge in [0.1, 0.15) is 18.6 Å². The zero-order chi connectivity index (χ0) is 14.8. The van der Waals surface area contributed by atoms with E-state index in [2.05, 4.69) is 9.84 Å². The summed E-state index contributed by atoms with van der Waals surface area (Å²) < 4.78 is 41.7. The topological polar surface area (TPSA) is 72.8 Å². The Kier molecular flexibility index (Phi) is 3.47. The molecule has 0 N–H and O–H groups in total. The van der Waals surface area contributed by atoms with Gasteiger partial charge in [-0.2, -0.15) is 15.0 Å². The van der Waals surface area contributed by atoms with Gasteiger partial charge in [0.25, 0.3) is 0 Å². The number of hydrogen-bond donors (Lipinski definition) is 0. The number of rotatable bonds is 3. The highest BCUT2D eigenvalue weighted by Gasteiger charge is 2.30. The summed E-state index contributed by atoms with van der Waals surface area (Å²) in [4.78, 5) is 11.8. The molecule has 0 aliphatic carbocycles. The standard InChI is InChI=1S/C11H7F3N4O2/c12-11(13,14)20-9-3-1-8(2-4-9)17-7-16-18(6-5-15)10(17)19/h1-4,7H,6H2. The van der Waals surface area contributed by atoms with E-state index in [0.717, 1.165) is 21.4 Å². The predicted molar refractivity (Wildman–Crippen MR) is 60.1 cm³/mol. The number of hydrogen-bond acceptors (Lipinski definition) is 4. The minimum Gasteiger partial charge on any atom is -0.406 e. The van der Waals surface area contributed by atoms with Crippen molar-refractivity contribution >= 4 is 0 Å². The summed E-state index contributed by atoms with van der Waals surface area (Å²) in [6, 6.07) is 6.48. The number of benzene rings is 1. The summed E-state index contributed by atoms with van der Waals surface area (Å²) in [6.45, 7) is -0.207. The van der Waals surface area contributed by atoms with Crippen molar-refractivity contribution in [3.05, 3.63) is 41.1 Å². The molecule has 1 aromatic carbocycles. The lowest BCUT2D eigenvalue weighted by Crippen LogP contribution is -2.23. The maximum Gasteiger partial charge on any atom is 0.573 e. The van der Waals surface area contributed by atoms with Crippen molar-refractivity contribution in [2.75, 3.05) is 0 Å². The zero-order valence-electron chi connectivity index (χ0n) is 9.83. The first-order chi connectivity index (χ1) is 9.40. The van der Waals surface area contributed by atoms with Gasteiger partial charge < -0.3 is 4.74 Å². The molecule has 0 saturated heterocycles. The molecule has 104 valence electrons. The van der Waals surface area contributed by atoms with Gasteiger partial charge in [-0.25, -0.2) is 9.36 Å². The normalized spacial score (nSPS) is 11.1. The second-order valence-corrected chi connectivity index (χ2v) is 3.64. The van der Waals surface area contributed by atoms with E-state index in [-0.39, 0.29) is 6.54 Å². The average molecular weight is 284 g/mol. The summed E-state index contributed by atoms with van der Waals surface area (Å²) >= 11 is 0. The SMILES string of the molecule is N#CCn1ncn(-c2ccc(OC(F)(F)F)cc2)c1=O. The van der Waals surface area contributed by atoms with E-state index in [1.54, 1.807) is 6.07 Å². The number of nitrogens with zero attached hydrogens (tertiary/aromatic N) is 4. The number of alkyl halides is 3. The van der Waals surface area contributed by atoms with E-state index in [4.69, 9.17) is 5.26 Å². The van der Waals surface area contributed by atoms with E-state index in [1.807, 2.05) is 0 Å². The van der Waals surface area contributed by atoms with Crippen LogP contribution in [-0.2, 0) is 6.54 Å². The maximum atomic E-state index is 12.0. The van der Waals surface area contributed by atoms with Crippen LogP contribution in [0.4, 0.5) is 13.2 Å². The predicted octanol–water partition coefficient (Wildman–Crippen LogP) is 1.46. The van der Waals surface area contributed by atoms with Crippen molar-refractivity contribution in [1.82, 2.24) is 14.3 Å². The molecule has 0 aliphatic heterocycles. The molecule has 0 aliphatic rings. The lowest BCUT2D eigenvalue weighted by atomic mass is 10.3. The molecule has 2 aromatic rings. The van der Waals surface area contributed by atoms with Crippen LogP contribution in [-0.4, -0.2) is 20.7 Å². The second kappa shape index (κ2) is 5.08. The molecule has 20 heavy (non-hydrogen) atoms. The summed E-state index contributed by atoms with van der Waals surface area (Å²) in [6.07, 6.45) is -3.59. The molecular formula is C11H7F3N4O2. The Hall–Kier alpha value is -2.76. The highest BCUT2D eigenvalue weighted by atomic mass is 19.4. The lowest BCUT2D eigenvalue weighted by molar-refractivity contribution is -0.274. The summed E-state index contributed by atoms with van der Waals surface area (Å²) in [7, 11) is 0. The molecule has 0 unspecified atom stereocenters. The third kappa shape index (κ3) is 2.97. The highest BCUT2D eigenvalue weighted by molar-refractivity contribution is 5.37. The van der Waals surface area contributed by atoms with E-state index < -0.39 is 17.8 Å². The number of aromatic nitrogens is 3. The van der Waals surface area contributed by atoms with Crippen LogP contribution in [0.3, 0.4) is 0 Å². The summed E-state index contributed by atoms with van der Waals surface area (Å²) in [5, 5.41) is 12.2. The van der Waals surface area contributed by atoms with Gasteiger partial charge in [-0.3, -0.25) is 0 Å². The maximum absolute atomic E-state index is 12.0. The van der Waals surface area contributed by atoms with Gasteiger partial charge in [0.2, 0.25) is 0 Å². The number of nitriles is 1. The minimum atomic E-state index is -4.77. The molecule has 0 fully saturated rings. The Morgan fingerprint density at radius 1 is 1.30 bits per heavy atom. The fourth-order valence-corrected chi connectivity index (χ4v) is 1.50. The number of halogens is 3. The molecule has 9 heteroatoms. The molecule has 0 spiro atoms. The van der Waals surface area contributed by atoms with E-state index in [1.165, 1.54) is 18.5 Å². The minimum absolute atomic E-state index is 0.207. The first-order valence-electron chi connectivity index (χ1n) is 5.28. The molecular weight excluding hydrogens is 277 g/mol. The van der Waals surface area contributed by atoms with Crippen molar-refractivity contribution in [1.29, 1.82) is 5.26 Å². The van der Waals surface area contributed by atoms with Gasteiger partial charge in [-0.15, -0.1) is 13.2 Å². The lowest BCUT2D eigenvalue weighted by Gasteiger charge is -2.09. The highest BCUT2D eigenvalue weighted by Crippen LogP contribution is 2.23. The fraction of sp³-hybridized carbons (Fsp3) is 0.182. The third-order valence-corrected chi connectivity index (χ3v) is 2.30. The Labute approximate surface area is 110 Å². The molecule has 2 rings (SSSR count). The molecule has 1 aromatic heterocycles. The van der Waals surface area contributed by atoms with Crippen LogP contribution in [0.25, 0.3) is 5.69 Å². The molecule has 0 radical (unpaired) electrons.